The van der Waals surface area contributed by atoms with Crippen molar-refractivity contribution in [1.29, 1.82) is 0 Å². The van der Waals surface area contributed by atoms with Crippen LogP contribution in [0.4, 0.5) is 17.1 Å². The highest BCUT2D eigenvalue weighted by molar-refractivity contribution is 7.25. The van der Waals surface area contributed by atoms with Crippen molar-refractivity contribution in [2.24, 2.45) is 0 Å². The number of anilines is 3. The van der Waals surface area contributed by atoms with Gasteiger partial charge in [0, 0.05) is 36.8 Å². The van der Waals surface area contributed by atoms with Crippen LogP contribution in [0, 0.1) is 0 Å². The Hall–Kier alpha value is -6.74. The Morgan fingerprint density at radius 3 is 1.80 bits per heavy atom. The molecule has 0 saturated carbocycles. The molecule has 252 valence electrons. The molecule has 1 aromatic heterocycles. The Bertz CT molecular complexity index is 3200. The minimum Gasteiger partial charge on any atom is -0.309 e. The van der Waals surface area contributed by atoms with E-state index in [1.165, 1.54) is 85.5 Å². The summed E-state index contributed by atoms with van der Waals surface area (Å²) in [6.45, 7) is 0. The summed E-state index contributed by atoms with van der Waals surface area (Å²) >= 11 is 1.87. The molecule has 0 saturated heterocycles. The molecule has 10 aromatic carbocycles. The van der Waals surface area contributed by atoms with Crippen LogP contribution in [-0.2, 0) is 0 Å². The van der Waals surface area contributed by atoms with Crippen LogP contribution in [0.2, 0.25) is 0 Å². The van der Waals surface area contributed by atoms with Crippen molar-refractivity contribution in [3.8, 4) is 22.3 Å². The smallest absolute Gasteiger partial charge is 0.0540 e. The molecule has 0 aliphatic carbocycles. The van der Waals surface area contributed by atoms with Crippen LogP contribution in [0.3, 0.4) is 0 Å². The maximum Gasteiger partial charge on any atom is 0.0540 e. The Morgan fingerprint density at radius 1 is 0.315 bits per heavy atom. The Balaban J connectivity index is 1.14. The third-order valence-corrected chi connectivity index (χ3v) is 12.1. The second-order valence-electron chi connectivity index (χ2n) is 14.1. The average molecular weight is 704 g/mol. The van der Waals surface area contributed by atoms with Crippen LogP contribution < -0.4 is 4.90 Å². The number of hydrogen-bond donors (Lipinski definition) is 0. The van der Waals surface area contributed by atoms with Crippen molar-refractivity contribution < 1.29 is 0 Å². The third kappa shape index (κ3) is 4.92. The van der Waals surface area contributed by atoms with Crippen LogP contribution in [0.1, 0.15) is 0 Å². The molecular weight excluding hydrogens is 671 g/mol. The monoisotopic (exact) mass is 703 g/mol. The largest absolute Gasteiger partial charge is 0.309 e. The van der Waals surface area contributed by atoms with E-state index < -0.39 is 0 Å². The van der Waals surface area contributed by atoms with Gasteiger partial charge in [0.25, 0.3) is 0 Å². The second-order valence-corrected chi connectivity index (χ2v) is 15.1. The normalized spacial score (nSPS) is 11.7. The van der Waals surface area contributed by atoms with Crippen molar-refractivity contribution in [3.63, 3.8) is 0 Å². The summed E-state index contributed by atoms with van der Waals surface area (Å²) in [6, 6.07) is 73.5. The number of rotatable bonds is 5. The van der Waals surface area contributed by atoms with Crippen LogP contribution in [0.15, 0.2) is 200 Å². The topological polar surface area (TPSA) is 3.24 Å². The lowest BCUT2D eigenvalue weighted by atomic mass is 9.90. The van der Waals surface area contributed by atoms with Gasteiger partial charge in [-0.15, -0.1) is 11.3 Å². The highest BCUT2D eigenvalue weighted by atomic mass is 32.1. The van der Waals surface area contributed by atoms with Crippen LogP contribution in [-0.4, -0.2) is 0 Å². The number of hydrogen-bond acceptors (Lipinski definition) is 2. The molecule has 1 nitrogen and oxygen atoms in total. The maximum atomic E-state index is 2.46. The SMILES string of the molecule is c1ccc(-c2ccccc2N(c2ccc(-c3cc4ccccc4c4c3ccc3ccccc34)cc2)c2cccc3cc4sc5ccccc5c4cc23)cc1. The predicted octanol–water partition coefficient (Wildman–Crippen LogP) is 15.5. The molecule has 2 heteroatoms. The van der Waals surface area contributed by atoms with Crippen molar-refractivity contribution in [3.05, 3.63) is 200 Å². The zero-order chi connectivity index (χ0) is 35.6. The van der Waals surface area contributed by atoms with E-state index in [4.69, 9.17) is 0 Å². The number of fused-ring (bicyclic) bond motifs is 9. The van der Waals surface area contributed by atoms with Crippen molar-refractivity contribution in [1.82, 2.24) is 0 Å². The van der Waals surface area contributed by atoms with E-state index in [0.29, 0.717) is 0 Å². The predicted molar refractivity (Wildman–Crippen MR) is 235 cm³/mol. The van der Waals surface area contributed by atoms with Crippen LogP contribution >= 0.6 is 11.3 Å². The molecule has 0 spiro atoms. The minimum absolute atomic E-state index is 1.11. The molecule has 0 N–H and O–H groups in total. The van der Waals surface area contributed by atoms with Gasteiger partial charge in [0.1, 0.15) is 0 Å². The quantitative estimate of drug-likeness (QED) is 0.161. The van der Waals surface area contributed by atoms with Crippen LogP contribution in [0.5, 0.6) is 0 Å². The van der Waals surface area contributed by atoms with Gasteiger partial charge in [0.05, 0.1) is 11.4 Å². The summed E-state index contributed by atoms with van der Waals surface area (Å²) in [5.41, 5.74) is 8.23. The molecule has 0 unspecified atom stereocenters. The van der Waals surface area contributed by atoms with Crippen molar-refractivity contribution >= 4 is 91.7 Å². The molecule has 54 heavy (non-hydrogen) atoms. The molecule has 0 bridgehead atoms. The molecule has 11 rings (SSSR count). The van der Waals surface area contributed by atoms with Gasteiger partial charge in [-0.25, -0.2) is 0 Å². The van der Waals surface area contributed by atoms with Gasteiger partial charge in [0.2, 0.25) is 0 Å². The fourth-order valence-corrected chi connectivity index (χ4v) is 9.65. The Labute approximate surface area is 317 Å². The molecule has 0 aliphatic rings. The van der Waals surface area contributed by atoms with Crippen molar-refractivity contribution in [2.45, 2.75) is 0 Å². The van der Waals surface area contributed by atoms with E-state index in [1.54, 1.807) is 0 Å². The van der Waals surface area contributed by atoms with Gasteiger partial charge in [-0.1, -0.05) is 152 Å². The Kier molecular flexibility index (Phi) is 7.11. The summed E-state index contributed by atoms with van der Waals surface area (Å²) in [7, 11) is 0. The maximum absolute atomic E-state index is 2.46. The highest BCUT2D eigenvalue weighted by Crippen LogP contribution is 2.46. The molecule has 11 aromatic rings. The summed E-state index contributed by atoms with van der Waals surface area (Å²) in [5.74, 6) is 0. The summed E-state index contributed by atoms with van der Waals surface area (Å²) in [4.78, 5) is 2.46. The fraction of sp³-hybridized carbons (Fsp3) is 0. The first-order valence-electron chi connectivity index (χ1n) is 18.5. The summed E-state index contributed by atoms with van der Waals surface area (Å²) in [6.07, 6.45) is 0. The van der Waals surface area contributed by atoms with E-state index in [2.05, 4.69) is 205 Å². The lowest BCUT2D eigenvalue weighted by Crippen LogP contribution is -2.11. The average Bonchev–Trinajstić information content (AvgIpc) is 3.61. The molecule has 0 aliphatic heterocycles. The molecular formula is C52H33NS. The standard InChI is InChI=1S/C52H33NS/c1-2-13-34(14-3-1)40-18-8-10-22-48(40)53(49-23-12-17-38-32-51-47(33-46(38)49)43-21-9-11-24-50(43)54-51)39-28-25-36(26-29-39)45-31-37-16-5-7-20-42(37)52-41-19-6-4-15-35(41)27-30-44(45)52/h1-33H. The number of nitrogens with zero attached hydrogens (tertiary/aromatic N) is 1. The van der Waals surface area contributed by atoms with Gasteiger partial charge in [-0.05, 0) is 103 Å². The summed E-state index contributed by atoms with van der Waals surface area (Å²) < 4.78 is 2.64. The van der Waals surface area contributed by atoms with Crippen LogP contribution in [0.25, 0.3) is 85.5 Å². The van der Waals surface area contributed by atoms with Gasteiger partial charge >= 0.3 is 0 Å². The first-order chi connectivity index (χ1) is 26.8. The van der Waals surface area contributed by atoms with E-state index in [9.17, 15) is 0 Å². The second kappa shape index (κ2) is 12.4. The summed E-state index contributed by atoms with van der Waals surface area (Å²) in [5, 5.41) is 12.8. The number of benzene rings is 10. The molecule has 0 amide bonds. The zero-order valence-corrected chi connectivity index (χ0v) is 30.2. The molecule has 0 radical (unpaired) electrons. The van der Waals surface area contributed by atoms with Gasteiger partial charge < -0.3 is 4.90 Å². The first kappa shape index (κ1) is 30.8. The van der Waals surface area contributed by atoms with E-state index in [-0.39, 0.29) is 0 Å². The number of thiophene rings is 1. The lowest BCUT2D eigenvalue weighted by Gasteiger charge is -2.29. The zero-order valence-electron chi connectivity index (χ0n) is 29.4. The van der Waals surface area contributed by atoms with E-state index in [0.717, 1.165) is 17.1 Å². The first-order valence-corrected chi connectivity index (χ1v) is 19.3. The lowest BCUT2D eigenvalue weighted by molar-refractivity contribution is 1.30. The number of para-hydroxylation sites is 1. The van der Waals surface area contributed by atoms with E-state index >= 15 is 0 Å². The molecule has 1 heterocycles. The van der Waals surface area contributed by atoms with E-state index in [1.807, 2.05) is 11.3 Å². The Morgan fingerprint density at radius 2 is 0.944 bits per heavy atom. The van der Waals surface area contributed by atoms with Gasteiger partial charge in [-0.2, -0.15) is 0 Å². The van der Waals surface area contributed by atoms with Crippen molar-refractivity contribution in [2.75, 3.05) is 4.90 Å². The fourth-order valence-electron chi connectivity index (χ4n) is 8.51. The van der Waals surface area contributed by atoms with Gasteiger partial charge in [-0.3, -0.25) is 0 Å². The molecule has 0 fully saturated rings. The van der Waals surface area contributed by atoms with Gasteiger partial charge in [0.15, 0.2) is 0 Å². The highest BCUT2D eigenvalue weighted by Gasteiger charge is 2.21. The molecule has 0 atom stereocenters. The minimum atomic E-state index is 1.11. The third-order valence-electron chi connectivity index (χ3n) is 11.0.